The fourth-order valence-electron chi connectivity index (χ4n) is 1.98. The van der Waals surface area contributed by atoms with Gasteiger partial charge in [0.25, 0.3) is 5.69 Å². The molecule has 21 heavy (non-hydrogen) atoms. The topological polar surface area (TPSA) is 104 Å². The number of aromatic nitrogens is 2. The van der Waals surface area contributed by atoms with E-state index in [-0.39, 0.29) is 29.3 Å². The molecule has 0 atom stereocenters. The summed E-state index contributed by atoms with van der Waals surface area (Å²) in [6, 6.07) is 4.61. The van der Waals surface area contributed by atoms with Gasteiger partial charge in [0.05, 0.1) is 10.5 Å². The fourth-order valence-corrected chi connectivity index (χ4v) is 1.98. The minimum absolute atomic E-state index is 0.0468. The van der Waals surface area contributed by atoms with E-state index in [1.807, 2.05) is 0 Å². The highest BCUT2D eigenvalue weighted by molar-refractivity contribution is 5.92. The normalized spacial score (nSPS) is 10.1. The van der Waals surface area contributed by atoms with Crippen LogP contribution in [0.1, 0.15) is 15.9 Å². The maximum atomic E-state index is 11.2. The molecule has 0 radical (unpaired) electrons. The van der Waals surface area contributed by atoms with Crippen molar-refractivity contribution in [2.24, 2.45) is 0 Å². The van der Waals surface area contributed by atoms with Crippen molar-refractivity contribution in [1.29, 1.82) is 0 Å². The number of benzene rings is 1. The van der Waals surface area contributed by atoms with Gasteiger partial charge in [-0.05, 0) is 6.92 Å². The molecule has 7 heteroatoms. The highest BCUT2D eigenvalue weighted by atomic mass is 16.6. The molecule has 1 aromatic heterocycles. The van der Waals surface area contributed by atoms with E-state index in [0.717, 1.165) is 0 Å². The molecule has 0 aliphatic heterocycles. The summed E-state index contributed by atoms with van der Waals surface area (Å²) in [5.41, 5.74) is 7.17. The van der Waals surface area contributed by atoms with Gasteiger partial charge >= 0.3 is 0 Å². The summed E-state index contributed by atoms with van der Waals surface area (Å²) in [7, 11) is 0. The number of nitrogen functional groups attached to an aromatic ring is 1. The van der Waals surface area contributed by atoms with Crippen molar-refractivity contribution in [2.75, 3.05) is 5.73 Å². The number of nitrogens with two attached hydrogens (primary N) is 1. The van der Waals surface area contributed by atoms with E-state index in [0.29, 0.717) is 17.4 Å². The molecule has 7 nitrogen and oxygen atoms in total. The number of aryl methyl sites for hydroxylation is 1. The SMILES string of the molecule is C#CCn1nc(-c2ccc(C)c([N+](=O)[O-])c2)c(C=O)c1N. The molecule has 0 aliphatic carbocycles. The minimum atomic E-state index is -0.485. The molecule has 106 valence electrons. The smallest absolute Gasteiger partial charge is 0.272 e. The van der Waals surface area contributed by atoms with Gasteiger partial charge in [-0.15, -0.1) is 6.42 Å². The molecular weight excluding hydrogens is 272 g/mol. The summed E-state index contributed by atoms with van der Waals surface area (Å²) in [6.07, 6.45) is 5.77. The molecule has 0 unspecified atom stereocenters. The minimum Gasteiger partial charge on any atom is -0.383 e. The van der Waals surface area contributed by atoms with Gasteiger partial charge in [-0.25, -0.2) is 4.68 Å². The van der Waals surface area contributed by atoms with Crippen molar-refractivity contribution < 1.29 is 9.72 Å². The number of carbonyl (C=O) groups excluding carboxylic acids is 1. The van der Waals surface area contributed by atoms with Crippen LogP contribution in [0.3, 0.4) is 0 Å². The monoisotopic (exact) mass is 284 g/mol. The Labute approximate surface area is 120 Å². The third-order valence-electron chi connectivity index (χ3n) is 3.07. The Bertz CT molecular complexity index is 771. The van der Waals surface area contributed by atoms with E-state index in [1.54, 1.807) is 19.1 Å². The predicted octanol–water partition coefficient (Wildman–Crippen LogP) is 1.79. The Balaban J connectivity index is 2.64. The third kappa shape index (κ3) is 2.47. The second kappa shape index (κ2) is 5.46. The molecule has 0 saturated carbocycles. The van der Waals surface area contributed by atoms with Crippen LogP contribution in [-0.2, 0) is 6.54 Å². The number of nitro benzene ring substituents is 1. The van der Waals surface area contributed by atoms with E-state index in [9.17, 15) is 14.9 Å². The molecule has 0 fully saturated rings. The lowest BCUT2D eigenvalue weighted by Gasteiger charge is -2.01. The van der Waals surface area contributed by atoms with Crippen LogP contribution < -0.4 is 5.73 Å². The average molecular weight is 284 g/mol. The Morgan fingerprint density at radius 1 is 1.57 bits per heavy atom. The Kier molecular flexibility index (Phi) is 3.71. The Morgan fingerprint density at radius 3 is 2.86 bits per heavy atom. The van der Waals surface area contributed by atoms with Crippen molar-refractivity contribution >= 4 is 17.8 Å². The third-order valence-corrected chi connectivity index (χ3v) is 3.07. The first kappa shape index (κ1) is 14.3. The second-order valence-electron chi connectivity index (χ2n) is 4.39. The van der Waals surface area contributed by atoms with Crippen LogP contribution in [0.15, 0.2) is 18.2 Å². The van der Waals surface area contributed by atoms with Gasteiger partial charge in [-0.1, -0.05) is 18.1 Å². The van der Waals surface area contributed by atoms with Crippen LogP contribution >= 0.6 is 0 Å². The van der Waals surface area contributed by atoms with Crippen LogP contribution in [0, 0.1) is 29.4 Å². The van der Waals surface area contributed by atoms with Gasteiger partial charge in [0.1, 0.15) is 18.1 Å². The number of terminal acetylenes is 1. The average Bonchev–Trinajstić information content (AvgIpc) is 2.76. The van der Waals surface area contributed by atoms with Gasteiger partial charge in [0.15, 0.2) is 6.29 Å². The quantitative estimate of drug-likeness (QED) is 0.399. The number of anilines is 1. The molecule has 2 N–H and O–H groups in total. The van der Waals surface area contributed by atoms with Crippen LogP contribution in [0.2, 0.25) is 0 Å². The van der Waals surface area contributed by atoms with E-state index < -0.39 is 4.92 Å². The first-order chi connectivity index (χ1) is 9.99. The molecule has 0 saturated heterocycles. The van der Waals surface area contributed by atoms with E-state index >= 15 is 0 Å². The molecule has 0 spiro atoms. The number of hydrogen-bond donors (Lipinski definition) is 1. The molecule has 0 aliphatic rings. The van der Waals surface area contributed by atoms with E-state index in [2.05, 4.69) is 11.0 Å². The zero-order chi connectivity index (χ0) is 15.6. The molecule has 0 bridgehead atoms. The van der Waals surface area contributed by atoms with E-state index in [1.165, 1.54) is 10.7 Å². The maximum Gasteiger partial charge on any atom is 0.272 e. The Hall–Kier alpha value is -3.14. The van der Waals surface area contributed by atoms with E-state index in [4.69, 9.17) is 12.2 Å². The van der Waals surface area contributed by atoms with Crippen LogP contribution in [0.4, 0.5) is 11.5 Å². The van der Waals surface area contributed by atoms with Gasteiger partial charge in [0.2, 0.25) is 0 Å². The van der Waals surface area contributed by atoms with Gasteiger partial charge in [0, 0.05) is 17.2 Å². The first-order valence-corrected chi connectivity index (χ1v) is 6.00. The lowest BCUT2D eigenvalue weighted by molar-refractivity contribution is -0.385. The van der Waals surface area contributed by atoms with Crippen LogP contribution in [0.25, 0.3) is 11.3 Å². The zero-order valence-corrected chi connectivity index (χ0v) is 11.2. The Morgan fingerprint density at radius 2 is 2.29 bits per heavy atom. The summed E-state index contributed by atoms with van der Waals surface area (Å²) in [5.74, 6) is 2.52. The van der Waals surface area contributed by atoms with Gasteiger partial charge in [-0.3, -0.25) is 14.9 Å². The van der Waals surface area contributed by atoms with Crippen molar-refractivity contribution in [3.8, 4) is 23.6 Å². The standard InChI is InChI=1S/C14H12N4O3/c1-3-6-17-14(15)11(8-19)13(16-17)10-5-4-9(2)12(7-10)18(20)21/h1,4-5,7-8H,6,15H2,2H3. The van der Waals surface area contributed by atoms with Crippen molar-refractivity contribution in [1.82, 2.24) is 9.78 Å². The van der Waals surface area contributed by atoms with Crippen LogP contribution in [-0.4, -0.2) is 21.0 Å². The van der Waals surface area contributed by atoms with Crippen molar-refractivity contribution in [2.45, 2.75) is 13.5 Å². The summed E-state index contributed by atoms with van der Waals surface area (Å²) in [4.78, 5) is 21.7. The first-order valence-electron chi connectivity index (χ1n) is 6.00. The fraction of sp³-hybridized carbons (Fsp3) is 0.143. The van der Waals surface area contributed by atoms with Crippen molar-refractivity contribution in [3.63, 3.8) is 0 Å². The molecule has 0 amide bonds. The maximum absolute atomic E-state index is 11.2. The summed E-state index contributed by atoms with van der Waals surface area (Å²) >= 11 is 0. The number of nitrogens with zero attached hydrogens (tertiary/aromatic N) is 3. The predicted molar refractivity (Wildman–Crippen MR) is 77.7 cm³/mol. The number of carbonyl (C=O) groups is 1. The number of nitro groups is 1. The molecule has 2 aromatic rings. The highest BCUT2D eigenvalue weighted by Crippen LogP contribution is 2.30. The molecular formula is C14H12N4O3. The van der Waals surface area contributed by atoms with Crippen molar-refractivity contribution in [3.05, 3.63) is 39.4 Å². The molecule has 2 rings (SSSR count). The largest absolute Gasteiger partial charge is 0.383 e. The lowest BCUT2D eigenvalue weighted by Crippen LogP contribution is -2.03. The number of hydrogen-bond acceptors (Lipinski definition) is 5. The highest BCUT2D eigenvalue weighted by Gasteiger charge is 2.19. The summed E-state index contributed by atoms with van der Waals surface area (Å²) in [5, 5.41) is 15.2. The summed E-state index contributed by atoms with van der Waals surface area (Å²) in [6.45, 7) is 1.74. The zero-order valence-electron chi connectivity index (χ0n) is 11.2. The molecule has 1 heterocycles. The van der Waals surface area contributed by atoms with Gasteiger partial charge in [-0.2, -0.15) is 5.10 Å². The lowest BCUT2D eigenvalue weighted by atomic mass is 10.0. The van der Waals surface area contributed by atoms with Gasteiger partial charge < -0.3 is 5.73 Å². The number of aldehydes is 1. The summed E-state index contributed by atoms with van der Waals surface area (Å²) < 4.78 is 1.31. The molecule has 1 aromatic carbocycles. The second-order valence-corrected chi connectivity index (χ2v) is 4.39. The number of rotatable bonds is 4. The van der Waals surface area contributed by atoms with Crippen LogP contribution in [0.5, 0.6) is 0 Å².